The first kappa shape index (κ1) is 14.2. The van der Waals surface area contributed by atoms with Crippen molar-refractivity contribution in [2.24, 2.45) is 5.92 Å². The topological polar surface area (TPSA) is 46.2 Å². The summed E-state index contributed by atoms with van der Waals surface area (Å²) in [5.41, 5.74) is 0. The minimum atomic E-state index is -3.13. The van der Waals surface area contributed by atoms with Crippen molar-refractivity contribution < 1.29 is 8.42 Å². The standard InChI is InChI=1S/C9H20ClNO2S/c1-4-9(8(2)3)11-14(12,13)7-5-6-10/h8-9,11H,4-7H2,1-3H3. The number of sulfonamides is 1. The molecule has 0 rings (SSSR count). The molecule has 0 fully saturated rings. The second-order valence-corrected chi connectivity index (χ2v) is 5.99. The van der Waals surface area contributed by atoms with Crippen LogP contribution in [0, 0.1) is 5.92 Å². The average molecular weight is 242 g/mol. The van der Waals surface area contributed by atoms with Crippen molar-refractivity contribution in [3.8, 4) is 0 Å². The molecule has 0 heterocycles. The Morgan fingerprint density at radius 3 is 2.29 bits per heavy atom. The van der Waals surface area contributed by atoms with Gasteiger partial charge in [-0.15, -0.1) is 11.6 Å². The van der Waals surface area contributed by atoms with Gasteiger partial charge in [-0.3, -0.25) is 0 Å². The number of hydrogen-bond donors (Lipinski definition) is 1. The lowest BCUT2D eigenvalue weighted by atomic mass is 10.0. The van der Waals surface area contributed by atoms with Crippen LogP contribution in [0.2, 0.25) is 0 Å². The highest BCUT2D eigenvalue weighted by Gasteiger charge is 2.18. The minimum absolute atomic E-state index is 0.0373. The predicted molar refractivity (Wildman–Crippen MR) is 61.2 cm³/mol. The van der Waals surface area contributed by atoms with Gasteiger partial charge >= 0.3 is 0 Å². The summed E-state index contributed by atoms with van der Waals surface area (Å²) in [6.07, 6.45) is 1.32. The summed E-state index contributed by atoms with van der Waals surface area (Å²) in [7, 11) is -3.13. The maximum absolute atomic E-state index is 11.5. The summed E-state index contributed by atoms with van der Waals surface area (Å²) in [5, 5.41) is 0. The molecule has 0 saturated heterocycles. The molecule has 0 aliphatic carbocycles. The van der Waals surface area contributed by atoms with Crippen LogP contribution in [0.3, 0.4) is 0 Å². The predicted octanol–water partition coefficient (Wildman–Crippen LogP) is 1.97. The molecule has 86 valence electrons. The number of nitrogens with one attached hydrogen (secondary N) is 1. The normalized spacial score (nSPS) is 14.6. The zero-order valence-electron chi connectivity index (χ0n) is 9.09. The van der Waals surface area contributed by atoms with Crippen molar-refractivity contribution in [2.45, 2.75) is 39.7 Å². The van der Waals surface area contributed by atoms with Crippen LogP contribution in [0.25, 0.3) is 0 Å². The van der Waals surface area contributed by atoms with Gasteiger partial charge in [0, 0.05) is 11.9 Å². The second-order valence-electron chi connectivity index (χ2n) is 3.74. The number of alkyl halides is 1. The summed E-state index contributed by atoms with van der Waals surface area (Å²) in [5.74, 6) is 0.838. The molecule has 5 heteroatoms. The van der Waals surface area contributed by atoms with Crippen LogP contribution in [0.4, 0.5) is 0 Å². The first-order chi connectivity index (χ1) is 6.43. The highest BCUT2D eigenvalue weighted by molar-refractivity contribution is 7.89. The lowest BCUT2D eigenvalue weighted by Crippen LogP contribution is -2.39. The van der Waals surface area contributed by atoms with Crippen molar-refractivity contribution in [3.63, 3.8) is 0 Å². The summed E-state index contributed by atoms with van der Waals surface area (Å²) in [6.45, 7) is 6.01. The summed E-state index contributed by atoms with van der Waals surface area (Å²) in [6, 6.07) is 0.0373. The molecule has 1 atom stereocenters. The van der Waals surface area contributed by atoms with Gasteiger partial charge in [-0.1, -0.05) is 20.8 Å². The van der Waals surface area contributed by atoms with Gasteiger partial charge < -0.3 is 0 Å². The van der Waals surface area contributed by atoms with Gasteiger partial charge in [0.2, 0.25) is 10.0 Å². The van der Waals surface area contributed by atoms with E-state index in [2.05, 4.69) is 4.72 Å². The third kappa shape index (κ3) is 5.83. The third-order valence-corrected chi connectivity index (χ3v) is 3.88. The number of hydrogen-bond acceptors (Lipinski definition) is 2. The molecule has 0 aromatic rings. The average Bonchev–Trinajstić information content (AvgIpc) is 2.10. The molecule has 0 bridgehead atoms. The quantitative estimate of drug-likeness (QED) is 0.693. The van der Waals surface area contributed by atoms with E-state index in [1.807, 2.05) is 20.8 Å². The van der Waals surface area contributed by atoms with Crippen LogP contribution < -0.4 is 4.72 Å². The minimum Gasteiger partial charge on any atom is -0.212 e. The van der Waals surface area contributed by atoms with E-state index in [0.717, 1.165) is 6.42 Å². The van der Waals surface area contributed by atoms with Crippen LogP contribution in [-0.4, -0.2) is 26.1 Å². The molecule has 14 heavy (non-hydrogen) atoms. The third-order valence-electron chi connectivity index (χ3n) is 2.12. The van der Waals surface area contributed by atoms with Crippen molar-refractivity contribution in [1.82, 2.24) is 4.72 Å². The molecule has 0 aliphatic rings. The smallest absolute Gasteiger partial charge is 0.211 e. The van der Waals surface area contributed by atoms with E-state index in [-0.39, 0.29) is 11.8 Å². The van der Waals surface area contributed by atoms with E-state index < -0.39 is 10.0 Å². The highest BCUT2D eigenvalue weighted by atomic mass is 35.5. The fraction of sp³-hybridized carbons (Fsp3) is 1.00. The van der Waals surface area contributed by atoms with Gasteiger partial charge in [0.15, 0.2) is 0 Å². The largest absolute Gasteiger partial charge is 0.212 e. The van der Waals surface area contributed by atoms with Crippen LogP contribution in [-0.2, 0) is 10.0 Å². The van der Waals surface area contributed by atoms with Gasteiger partial charge in [0.25, 0.3) is 0 Å². The SMILES string of the molecule is CCC(NS(=O)(=O)CCCCl)C(C)C. The Hall–Kier alpha value is 0.200. The van der Waals surface area contributed by atoms with Crippen LogP contribution in [0.1, 0.15) is 33.6 Å². The van der Waals surface area contributed by atoms with Crippen LogP contribution in [0.15, 0.2) is 0 Å². The molecule has 1 unspecified atom stereocenters. The molecule has 0 aromatic heterocycles. The van der Waals surface area contributed by atoms with E-state index in [0.29, 0.717) is 18.2 Å². The van der Waals surface area contributed by atoms with E-state index in [1.165, 1.54) is 0 Å². The van der Waals surface area contributed by atoms with Crippen LogP contribution >= 0.6 is 11.6 Å². The molecule has 0 saturated carbocycles. The van der Waals surface area contributed by atoms with Gasteiger partial charge in [-0.25, -0.2) is 13.1 Å². The molecule has 0 spiro atoms. The van der Waals surface area contributed by atoms with Gasteiger partial charge in [0.05, 0.1) is 5.75 Å². The first-order valence-electron chi connectivity index (χ1n) is 4.99. The maximum Gasteiger partial charge on any atom is 0.211 e. The fourth-order valence-electron chi connectivity index (χ4n) is 1.22. The Bertz CT molecular complexity index is 239. The van der Waals surface area contributed by atoms with Gasteiger partial charge in [-0.05, 0) is 18.8 Å². The van der Waals surface area contributed by atoms with E-state index in [9.17, 15) is 8.42 Å². The molecular weight excluding hydrogens is 222 g/mol. The van der Waals surface area contributed by atoms with Crippen molar-refractivity contribution in [1.29, 1.82) is 0 Å². The van der Waals surface area contributed by atoms with Gasteiger partial charge in [-0.2, -0.15) is 0 Å². The Kier molecular flexibility index (Phi) is 6.74. The lowest BCUT2D eigenvalue weighted by molar-refractivity contribution is 0.437. The van der Waals surface area contributed by atoms with Crippen molar-refractivity contribution >= 4 is 21.6 Å². The summed E-state index contributed by atoms with van der Waals surface area (Å²) in [4.78, 5) is 0. The molecular formula is C9H20ClNO2S. The van der Waals surface area contributed by atoms with Gasteiger partial charge in [0.1, 0.15) is 0 Å². The molecule has 0 amide bonds. The summed E-state index contributed by atoms with van der Waals surface area (Å²) < 4.78 is 25.7. The van der Waals surface area contributed by atoms with Crippen molar-refractivity contribution in [3.05, 3.63) is 0 Å². The molecule has 0 aromatic carbocycles. The van der Waals surface area contributed by atoms with E-state index in [1.54, 1.807) is 0 Å². The van der Waals surface area contributed by atoms with E-state index in [4.69, 9.17) is 11.6 Å². The Balaban J connectivity index is 4.18. The molecule has 0 radical (unpaired) electrons. The second kappa shape index (κ2) is 6.64. The number of halogens is 1. The molecule has 3 nitrogen and oxygen atoms in total. The Morgan fingerprint density at radius 2 is 1.93 bits per heavy atom. The van der Waals surface area contributed by atoms with E-state index >= 15 is 0 Å². The lowest BCUT2D eigenvalue weighted by Gasteiger charge is -2.20. The Morgan fingerprint density at radius 1 is 1.36 bits per heavy atom. The molecule has 1 N–H and O–H groups in total. The zero-order valence-corrected chi connectivity index (χ0v) is 10.7. The highest BCUT2D eigenvalue weighted by Crippen LogP contribution is 2.07. The van der Waals surface area contributed by atoms with Crippen LogP contribution in [0.5, 0.6) is 0 Å². The first-order valence-corrected chi connectivity index (χ1v) is 7.17. The Labute approximate surface area is 92.3 Å². The maximum atomic E-state index is 11.5. The number of rotatable bonds is 7. The molecule has 0 aliphatic heterocycles. The fourth-order valence-corrected chi connectivity index (χ4v) is 3.06. The summed E-state index contributed by atoms with van der Waals surface area (Å²) >= 11 is 5.45. The monoisotopic (exact) mass is 241 g/mol. The van der Waals surface area contributed by atoms with Crippen molar-refractivity contribution in [2.75, 3.05) is 11.6 Å². The zero-order chi connectivity index (χ0) is 11.2.